The standard InChI is InChI=1S/C29H34N4O4S/c1-18-6-8-23(9-7-18)38(36,37)33-26(13-22-17-30-25-5-3-2-4-24(22)25)27(34)31-32-28(35)29-14-19-10-20(15-29)12-21(11-19)16-29/h2-9,17,19-21,26,30,33H,10-16H2,1H3,(H,31,34)(H,32,35). The normalized spacial score (nSPS) is 26.8. The first-order chi connectivity index (χ1) is 18.2. The number of para-hydroxylation sites is 1. The van der Waals surface area contributed by atoms with Crippen molar-refractivity contribution in [1.29, 1.82) is 0 Å². The highest BCUT2D eigenvalue weighted by molar-refractivity contribution is 7.89. The molecular weight excluding hydrogens is 500 g/mol. The van der Waals surface area contributed by atoms with Crippen molar-refractivity contribution in [3.05, 3.63) is 65.9 Å². The Morgan fingerprint density at radius 2 is 1.58 bits per heavy atom. The summed E-state index contributed by atoms with van der Waals surface area (Å²) < 4.78 is 29.0. The molecule has 0 spiro atoms. The highest BCUT2D eigenvalue weighted by Crippen LogP contribution is 2.60. The molecule has 0 radical (unpaired) electrons. The molecule has 0 aliphatic heterocycles. The number of nitrogens with one attached hydrogen (secondary N) is 4. The Balaban J connectivity index is 1.21. The van der Waals surface area contributed by atoms with E-state index in [0.29, 0.717) is 17.8 Å². The molecule has 4 fully saturated rings. The molecule has 2 aromatic carbocycles. The van der Waals surface area contributed by atoms with Crippen LogP contribution in [0.4, 0.5) is 0 Å². The van der Waals surface area contributed by atoms with E-state index in [9.17, 15) is 18.0 Å². The van der Waals surface area contributed by atoms with Crippen molar-refractivity contribution >= 4 is 32.7 Å². The van der Waals surface area contributed by atoms with Crippen molar-refractivity contribution in [3.8, 4) is 0 Å². The number of hydrogen-bond donors (Lipinski definition) is 4. The molecule has 3 aromatic rings. The summed E-state index contributed by atoms with van der Waals surface area (Å²) in [5.41, 5.74) is 7.48. The predicted molar refractivity (Wildman–Crippen MR) is 144 cm³/mol. The van der Waals surface area contributed by atoms with Crippen LogP contribution in [0.2, 0.25) is 0 Å². The number of aryl methyl sites for hydroxylation is 1. The van der Waals surface area contributed by atoms with Gasteiger partial charge in [-0.2, -0.15) is 4.72 Å². The van der Waals surface area contributed by atoms with Gasteiger partial charge in [-0.3, -0.25) is 20.4 Å². The summed E-state index contributed by atoms with van der Waals surface area (Å²) in [6.45, 7) is 1.88. The first-order valence-corrected chi connectivity index (χ1v) is 14.9. The summed E-state index contributed by atoms with van der Waals surface area (Å²) in [5, 5.41) is 0.914. The lowest BCUT2D eigenvalue weighted by molar-refractivity contribution is -0.149. The summed E-state index contributed by atoms with van der Waals surface area (Å²) in [5.74, 6) is 1.05. The van der Waals surface area contributed by atoms with Crippen LogP contribution in [0.1, 0.15) is 49.7 Å². The van der Waals surface area contributed by atoms with E-state index < -0.39 is 27.4 Å². The molecule has 0 saturated heterocycles. The van der Waals surface area contributed by atoms with Gasteiger partial charge in [-0.15, -0.1) is 0 Å². The van der Waals surface area contributed by atoms with E-state index in [1.54, 1.807) is 18.3 Å². The minimum absolute atomic E-state index is 0.0810. The molecule has 1 aromatic heterocycles. The summed E-state index contributed by atoms with van der Waals surface area (Å²) in [7, 11) is -3.99. The number of hydrazine groups is 1. The molecule has 2 amide bonds. The predicted octanol–water partition coefficient (Wildman–Crippen LogP) is 3.73. The Morgan fingerprint density at radius 3 is 2.24 bits per heavy atom. The van der Waals surface area contributed by atoms with Crippen LogP contribution in [0.25, 0.3) is 10.9 Å². The van der Waals surface area contributed by atoms with E-state index in [0.717, 1.165) is 41.3 Å². The number of amides is 2. The van der Waals surface area contributed by atoms with Crippen LogP contribution in [0, 0.1) is 30.1 Å². The van der Waals surface area contributed by atoms with Gasteiger partial charge in [-0.1, -0.05) is 35.9 Å². The number of carbonyl (C=O) groups excluding carboxylic acids is 2. The second kappa shape index (κ2) is 9.54. The summed E-state index contributed by atoms with van der Waals surface area (Å²) in [6.07, 6.45) is 8.18. The van der Waals surface area contributed by atoms with Gasteiger partial charge in [0.05, 0.1) is 10.3 Å². The first kappa shape index (κ1) is 25.1. The molecule has 7 rings (SSSR count). The number of aromatic nitrogens is 1. The topological polar surface area (TPSA) is 120 Å². The van der Waals surface area contributed by atoms with Gasteiger partial charge in [0.15, 0.2) is 0 Å². The third-order valence-corrected chi connectivity index (χ3v) is 10.4. The van der Waals surface area contributed by atoms with Crippen molar-refractivity contribution in [2.45, 2.75) is 62.8 Å². The molecule has 1 heterocycles. The van der Waals surface area contributed by atoms with E-state index >= 15 is 0 Å². The molecule has 4 aliphatic carbocycles. The third kappa shape index (κ3) is 4.73. The Labute approximate surface area is 223 Å². The van der Waals surface area contributed by atoms with Crippen LogP contribution in [-0.2, 0) is 26.0 Å². The lowest BCUT2D eigenvalue weighted by atomic mass is 9.49. The Bertz CT molecular complexity index is 1440. The molecule has 4 bridgehead atoms. The molecule has 4 aliphatic rings. The molecule has 4 saturated carbocycles. The Kier molecular flexibility index (Phi) is 6.31. The van der Waals surface area contributed by atoms with Crippen molar-refractivity contribution in [2.75, 3.05) is 0 Å². The van der Waals surface area contributed by atoms with E-state index in [-0.39, 0.29) is 17.2 Å². The average molecular weight is 535 g/mol. The van der Waals surface area contributed by atoms with Gasteiger partial charge in [0.25, 0.3) is 5.91 Å². The zero-order valence-corrected chi connectivity index (χ0v) is 22.3. The van der Waals surface area contributed by atoms with Gasteiger partial charge in [0.2, 0.25) is 15.9 Å². The van der Waals surface area contributed by atoms with Gasteiger partial charge < -0.3 is 4.98 Å². The smallest absolute Gasteiger partial charge is 0.256 e. The first-order valence-electron chi connectivity index (χ1n) is 13.4. The van der Waals surface area contributed by atoms with Crippen molar-refractivity contribution in [2.24, 2.45) is 23.2 Å². The fourth-order valence-corrected chi connectivity index (χ4v) is 8.60. The van der Waals surface area contributed by atoms with Crippen LogP contribution < -0.4 is 15.6 Å². The SMILES string of the molecule is Cc1ccc(S(=O)(=O)NC(Cc2c[nH]c3ccccc23)C(=O)NNC(=O)C23CC4CC(CC(C4)C2)C3)cc1. The quantitative estimate of drug-likeness (QED) is 0.345. The van der Waals surface area contributed by atoms with Crippen molar-refractivity contribution < 1.29 is 18.0 Å². The number of H-pyrrole nitrogens is 1. The number of aromatic amines is 1. The van der Waals surface area contributed by atoms with Crippen molar-refractivity contribution in [3.63, 3.8) is 0 Å². The Morgan fingerprint density at radius 1 is 0.947 bits per heavy atom. The highest BCUT2D eigenvalue weighted by Gasteiger charge is 2.54. The minimum Gasteiger partial charge on any atom is -0.361 e. The van der Waals surface area contributed by atoms with Crippen LogP contribution in [0.3, 0.4) is 0 Å². The van der Waals surface area contributed by atoms with Gasteiger partial charge in [0, 0.05) is 17.1 Å². The number of benzene rings is 2. The molecule has 8 nitrogen and oxygen atoms in total. The monoisotopic (exact) mass is 534 g/mol. The highest BCUT2D eigenvalue weighted by atomic mass is 32.2. The molecule has 4 N–H and O–H groups in total. The molecule has 9 heteroatoms. The van der Waals surface area contributed by atoms with Gasteiger partial charge in [-0.25, -0.2) is 8.42 Å². The lowest BCUT2D eigenvalue weighted by Gasteiger charge is -2.55. The maximum atomic E-state index is 13.4. The molecule has 200 valence electrons. The summed E-state index contributed by atoms with van der Waals surface area (Å²) in [6, 6.07) is 13.0. The van der Waals surface area contributed by atoms with E-state index in [4.69, 9.17) is 0 Å². The van der Waals surface area contributed by atoms with Crippen LogP contribution in [0.15, 0.2) is 59.6 Å². The second-order valence-electron chi connectivity index (χ2n) is 11.7. The van der Waals surface area contributed by atoms with Crippen molar-refractivity contribution in [1.82, 2.24) is 20.6 Å². The molecule has 1 unspecified atom stereocenters. The lowest BCUT2D eigenvalue weighted by Crippen LogP contribution is -2.59. The van der Waals surface area contributed by atoms with Gasteiger partial charge >= 0.3 is 0 Å². The maximum absolute atomic E-state index is 13.4. The fourth-order valence-electron chi connectivity index (χ4n) is 7.41. The van der Waals surface area contributed by atoms with E-state index in [1.165, 1.54) is 31.4 Å². The average Bonchev–Trinajstić information content (AvgIpc) is 3.29. The number of fused-ring (bicyclic) bond motifs is 1. The minimum atomic E-state index is -3.99. The number of rotatable bonds is 7. The van der Waals surface area contributed by atoms with Gasteiger partial charge in [-0.05, 0) is 93.4 Å². The van der Waals surface area contributed by atoms with Crippen LogP contribution in [0.5, 0.6) is 0 Å². The van der Waals surface area contributed by atoms with Crippen LogP contribution >= 0.6 is 0 Å². The zero-order valence-electron chi connectivity index (χ0n) is 21.5. The number of sulfonamides is 1. The molecule has 38 heavy (non-hydrogen) atoms. The largest absolute Gasteiger partial charge is 0.361 e. The third-order valence-electron chi connectivity index (χ3n) is 8.86. The van der Waals surface area contributed by atoms with Crippen LogP contribution in [-0.4, -0.2) is 31.3 Å². The summed E-state index contributed by atoms with van der Waals surface area (Å²) in [4.78, 5) is 30.1. The fraction of sp³-hybridized carbons (Fsp3) is 0.448. The number of hydrogen-bond acceptors (Lipinski definition) is 4. The van der Waals surface area contributed by atoms with Gasteiger partial charge in [0.1, 0.15) is 6.04 Å². The van der Waals surface area contributed by atoms with E-state index in [1.807, 2.05) is 31.2 Å². The number of carbonyl (C=O) groups is 2. The maximum Gasteiger partial charge on any atom is 0.256 e. The zero-order chi connectivity index (χ0) is 26.5. The Hall–Kier alpha value is -3.17. The summed E-state index contributed by atoms with van der Waals surface area (Å²) >= 11 is 0. The molecular formula is C29H34N4O4S. The van der Waals surface area contributed by atoms with E-state index in [2.05, 4.69) is 20.6 Å². The molecule has 1 atom stereocenters. The second-order valence-corrected chi connectivity index (χ2v) is 13.4.